The van der Waals surface area contributed by atoms with Gasteiger partial charge in [0.1, 0.15) is 0 Å². The van der Waals surface area contributed by atoms with Crippen molar-refractivity contribution in [3.8, 4) is 0 Å². The van der Waals surface area contributed by atoms with Crippen molar-refractivity contribution in [2.75, 3.05) is 13.6 Å². The Morgan fingerprint density at radius 3 is 2.78 bits per heavy atom. The van der Waals surface area contributed by atoms with Gasteiger partial charge in [-0.05, 0) is 30.5 Å². The molecule has 0 saturated carbocycles. The van der Waals surface area contributed by atoms with Crippen molar-refractivity contribution in [1.29, 1.82) is 0 Å². The number of aryl methyl sites for hydroxylation is 1. The molecule has 7 nitrogen and oxygen atoms in total. The Morgan fingerprint density at radius 2 is 2.07 bits per heavy atom. The lowest BCUT2D eigenvalue weighted by Crippen LogP contribution is -2.38. The molecule has 7 heteroatoms. The van der Waals surface area contributed by atoms with Gasteiger partial charge in [0.15, 0.2) is 11.8 Å². The predicted octanol–water partition coefficient (Wildman–Crippen LogP) is 3.06. The van der Waals surface area contributed by atoms with Crippen LogP contribution in [0.25, 0.3) is 10.9 Å². The van der Waals surface area contributed by atoms with Crippen LogP contribution in [0.3, 0.4) is 0 Å². The Morgan fingerprint density at radius 1 is 1.26 bits per heavy atom. The lowest BCUT2D eigenvalue weighted by Gasteiger charge is -2.11. The van der Waals surface area contributed by atoms with E-state index in [9.17, 15) is 0 Å². The fourth-order valence-corrected chi connectivity index (χ4v) is 2.84. The summed E-state index contributed by atoms with van der Waals surface area (Å²) in [5, 5.41) is 11.8. The van der Waals surface area contributed by atoms with Crippen molar-refractivity contribution in [2.45, 2.75) is 46.1 Å². The number of nitrogens with zero attached hydrogens (tertiary/aromatic N) is 3. The lowest BCUT2D eigenvalue weighted by molar-refractivity contribution is 0.318. The van der Waals surface area contributed by atoms with Gasteiger partial charge in [-0.3, -0.25) is 4.99 Å². The third-order valence-electron chi connectivity index (χ3n) is 4.36. The molecule has 0 saturated heterocycles. The fourth-order valence-electron chi connectivity index (χ4n) is 2.84. The molecule has 0 aliphatic carbocycles. The summed E-state index contributed by atoms with van der Waals surface area (Å²) >= 11 is 0. The number of aromatic amines is 1. The van der Waals surface area contributed by atoms with Crippen molar-refractivity contribution in [3.63, 3.8) is 0 Å². The maximum atomic E-state index is 5.31. The van der Waals surface area contributed by atoms with Crippen LogP contribution in [0.5, 0.6) is 0 Å². The Hall–Kier alpha value is -2.83. The minimum absolute atomic E-state index is 0.150. The molecule has 3 N–H and O–H groups in total. The van der Waals surface area contributed by atoms with Crippen molar-refractivity contribution < 1.29 is 4.52 Å². The summed E-state index contributed by atoms with van der Waals surface area (Å²) in [4.78, 5) is 12.0. The van der Waals surface area contributed by atoms with Crippen molar-refractivity contribution in [3.05, 3.63) is 47.2 Å². The first-order valence-electron chi connectivity index (χ1n) is 9.21. The van der Waals surface area contributed by atoms with E-state index in [4.69, 9.17) is 4.52 Å². The van der Waals surface area contributed by atoms with E-state index in [2.05, 4.69) is 62.1 Å². The van der Waals surface area contributed by atoms with Crippen molar-refractivity contribution >= 4 is 16.9 Å². The second-order valence-electron chi connectivity index (χ2n) is 7.73. The van der Waals surface area contributed by atoms with Crippen LogP contribution in [-0.2, 0) is 18.4 Å². The van der Waals surface area contributed by atoms with Crippen molar-refractivity contribution in [2.24, 2.45) is 4.99 Å². The van der Waals surface area contributed by atoms with E-state index in [0.29, 0.717) is 24.2 Å². The van der Waals surface area contributed by atoms with E-state index < -0.39 is 0 Å². The number of guanidine groups is 1. The molecule has 0 atom stereocenters. The van der Waals surface area contributed by atoms with Gasteiger partial charge in [0.25, 0.3) is 0 Å². The van der Waals surface area contributed by atoms with E-state index in [0.717, 1.165) is 13.0 Å². The maximum Gasteiger partial charge on any atom is 0.232 e. The number of fused-ring (bicyclic) bond motifs is 1. The molecule has 0 spiro atoms. The minimum atomic E-state index is -0.150. The molecule has 2 aromatic heterocycles. The maximum absolute atomic E-state index is 5.31. The number of H-pyrrole nitrogens is 1. The molecule has 0 fully saturated rings. The summed E-state index contributed by atoms with van der Waals surface area (Å²) in [6, 6.07) is 6.49. The Balaban J connectivity index is 1.51. The summed E-state index contributed by atoms with van der Waals surface area (Å²) < 4.78 is 5.31. The van der Waals surface area contributed by atoms with Gasteiger partial charge in [0.2, 0.25) is 5.89 Å². The normalized spacial score (nSPS) is 12.6. The third-order valence-corrected chi connectivity index (χ3v) is 4.36. The first kappa shape index (κ1) is 18.9. The number of aromatic nitrogens is 3. The molecule has 0 radical (unpaired) electrons. The van der Waals surface area contributed by atoms with Gasteiger partial charge in [-0.1, -0.05) is 38.1 Å². The smallest absolute Gasteiger partial charge is 0.232 e. The molecule has 27 heavy (non-hydrogen) atoms. The second-order valence-corrected chi connectivity index (χ2v) is 7.73. The molecule has 0 bridgehead atoms. The van der Waals surface area contributed by atoms with Crippen LogP contribution in [0, 0.1) is 6.92 Å². The summed E-state index contributed by atoms with van der Waals surface area (Å²) in [7, 11) is 1.75. The highest BCUT2D eigenvalue weighted by atomic mass is 16.5. The van der Waals surface area contributed by atoms with E-state index in [1.807, 2.05) is 20.8 Å². The first-order chi connectivity index (χ1) is 12.9. The zero-order valence-corrected chi connectivity index (χ0v) is 16.7. The van der Waals surface area contributed by atoms with E-state index in [1.54, 1.807) is 7.05 Å². The summed E-state index contributed by atoms with van der Waals surface area (Å²) in [6.07, 6.45) is 2.98. The minimum Gasteiger partial charge on any atom is -0.361 e. The lowest BCUT2D eigenvalue weighted by atomic mass is 9.97. The highest BCUT2D eigenvalue weighted by Gasteiger charge is 2.21. The second kappa shape index (κ2) is 7.82. The van der Waals surface area contributed by atoms with Gasteiger partial charge in [-0.15, -0.1) is 0 Å². The van der Waals surface area contributed by atoms with E-state index in [1.165, 1.54) is 22.0 Å². The fraction of sp³-hybridized carbons (Fsp3) is 0.450. The van der Waals surface area contributed by atoms with E-state index in [-0.39, 0.29) is 5.41 Å². The Bertz CT molecular complexity index is 931. The summed E-state index contributed by atoms with van der Waals surface area (Å²) in [5.74, 6) is 1.97. The molecule has 1 aromatic carbocycles. The molecule has 0 amide bonds. The van der Waals surface area contributed by atoms with Crippen LogP contribution in [-0.4, -0.2) is 34.7 Å². The van der Waals surface area contributed by atoms with Crippen LogP contribution < -0.4 is 10.6 Å². The first-order valence-corrected chi connectivity index (χ1v) is 9.21. The molecular weight excluding hydrogens is 340 g/mol. The molecule has 144 valence electrons. The average molecular weight is 368 g/mol. The molecule has 2 heterocycles. The molecular formula is C20H28N6O. The predicted molar refractivity (Wildman–Crippen MR) is 108 cm³/mol. The van der Waals surface area contributed by atoms with Crippen LogP contribution in [0.2, 0.25) is 0 Å². The van der Waals surface area contributed by atoms with Crippen LogP contribution >= 0.6 is 0 Å². The highest BCUT2D eigenvalue weighted by molar-refractivity contribution is 5.84. The summed E-state index contributed by atoms with van der Waals surface area (Å²) in [5.41, 5.74) is 3.58. The zero-order chi connectivity index (χ0) is 19.4. The molecule has 3 aromatic rings. The van der Waals surface area contributed by atoms with E-state index >= 15 is 0 Å². The van der Waals surface area contributed by atoms with Crippen molar-refractivity contribution in [1.82, 2.24) is 25.8 Å². The van der Waals surface area contributed by atoms with Gasteiger partial charge >= 0.3 is 0 Å². The SMILES string of the molecule is CN=C(NCCc1c[nH]c2cc(C)ccc12)NCc1noc(C(C)(C)C)n1. The van der Waals surface area contributed by atoms with Crippen LogP contribution in [0.1, 0.15) is 43.6 Å². The van der Waals surface area contributed by atoms with Crippen LogP contribution in [0.4, 0.5) is 0 Å². The standard InChI is InChI=1S/C20H28N6O/c1-13-6-7-15-14(11-23-16(15)10-13)8-9-22-19(21-5)24-12-17-25-18(27-26-17)20(2,3)4/h6-7,10-11,23H,8-9,12H2,1-5H3,(H2,21,22,24). The number of benzene rings is 1. The Kier molecular flexibility index (Phi) is 5.48. The quantitative estimate of drug-likeness (QED) is 0.476. The number of rotatable bonds is 5. The Labute approximate surface area is 159 Å². The highest BCUT2D eigenvalue weighted by Crippen LogP contribution is 2.20. The zero-order valence-electron chi connectivity index (χ0n) is 16.7. The van der Waals surface area contributed by atoms with Gasteiger partial charge in [-0.2, -0.15) is 4.98 Å². The van der Waals surface area contributed by atoms with Crippen LogP contribution in [0.15, 0.2) is 33.9 Å². The van der Waals surface area contributed by atoms with Gasteiger partial charge in [0.05, 0.1) is 6.54 Å². The third kappa shape index (κ3) is 4.67. The summed E-state index contributed by atoms with van der Waals surface area (Å²) in [6.45, 7) is 9.48. The largest absolute Gasteiger partial charge is 0.361 e. The van der Waals surface area contributed by atoms with Gasteiger partial charge < -0.3 is 20.1 Å². The molecule has 0 aliphatic rings. The number of hydrogen-bond acceptors (Lipinski definition) is 4. The molecule has 0 aliphatic heterocycles. The number of hydrogen-bond donors (Lipinski definition) is 3. The van der Waals surface area contributed by atoms with Gasteiger partial charge in [0, 0.05) is 36.1 Å². The number of aliphatic imine (C=N–C) groups is 1. The topological polar surface area (TPSA) is 91.1 Å². The average Bonchev–Trinajstić information content (AvgIpc) is 3.24. The van der Waals surface area contributed by atoms with Gasteiger partial charge in [-0.25, -0.2) is 0 Å². The number of nitrogens with one attached hydrogen (secondary N) is 3. The molecule has 0 unspecified atom stereocenters. The molecule has 3 rings (SSSR count). The monoisotopic (exact) mass is 368 g/mol.